The largest absolute Gasteiger partial charge is 0.542 e. The molecule has 1 aromatic carbocycles. The average molecular weight is 210 g/mol. The molecule has 0 unspecified atom stereocenters. The minimum Gasteiger partial charge on any atom is -0.542 e. The topological polar surface area (TPSA) is 53.3 Å². The van der Waals surface area contributed by atoms with Crippen LogP contribution in [-0.4, -0.2) is 5.97 Å². The summed E-state index contributed by atoms with van der Waals surface area (Å²) >= 11 is 5.84. The van der Waals surface area contributed by atoms with Gasteiger partial charge < -0.3 is 14.3 Å². The van der Waals surface area contributed by atoms with Crippen LogP contribution in [0.3, 0.4) is 0 Å². The molecule has 14 heavy (non-hydrogen) atoms. The average Bonchev–Trinajstić information content (AvgIpc) is 2.46. The number of halogens is 1. The predicted octanol–water partition coefficient (Wildman–Crippen LogP) is 1.76. The van der Waals surface area contributed by atoms with E-state index >= 15 is 0 Å². The molecule has 0 saturated heterocycles. The van der Waals surface area contributed by atoms with E-state index in [1.807, 2.05) is 0 Å². The van der Waals surface area contributed by atoms with Crippen LogP contribution < -0.4 is 5.11 Å². The molecule has 0 aliphatic heterocycles. The summed E-state index contributed by atoms with van der Waals surface area (Å²) in [6.07, 6.45) is 0. The molecule has 0 fully saturated rings. The molecule has 0 N–H and O–H groups in total. The molecule has 2 rings (SSSR count). The van der Waals surface area contributed by atoms with Crippen molar-refractivity contribution < 1.29 is 14.3 Å². The number of benzene rings is 1. The highest BCUT2D eigenvalue weighted by Gasteiger charge is 2.12. The van der Waals surface area contributed by atoms with Crippen LogP contribution in [0.5, 0.6) is 0 Å². The third kappa shape index (κ3) is 1.17. The number of para-hydroxylation sites is 1. The zero-order valence-electron chi connectivity index (χ0n) is 7.33. The number of hydrogen-bond acceptors (Lipinski definition) is 3. The SMILES string of the molecule is Cc1c(C(=O)[O-])oc2c(Cl)cccc12. The molecular weight excluding hydrogens is 204 g/mol. The van der Waals surface area contributed by atoms with Crippen molar-refractivity contribution in [3.63, 3.8) is 0 Å². The number of aromatic carboxylic acids is 1. The van der Waals surface area contributed by atoms with Crippen molar-refractivity contribution in [2.45, 2.75) is 6.92 Å². The first-order chi connectivity index (χ1) is 6.61. The van der Waals surface area contributed by atoms with Gasteiger partial charge in [-0.3, -0.25) is 0 Å². The number of rotatable bonds is 1. The zero-order chi connectivity index (χ0) is 10.3. The summed E-state index contributed by atoms with van der Waals surface area (Å²) < 4.78 is 5.10. The van der Waals surface area contributed by atoms with Gasteiger partial charge in [-0.2, -0.15) is 0 Å². The maximum atomic E-state index is 10.7. The molecule has 0 spiro atoms. The fourth-order valence-electron chi connectivity index (χ4n) is 1.40. The van der Waals surface area contributed by atoms with E-state index in [-0.39, 0.29) is 5.76 Å². The standard InChI is InChI=1S/C10H7ClO3/c1-5-6-3-2-4-7(11)9(6)14-8(5)10(12)13/h2-4H,1H3,(H,12,13)/p-1. The van der Waals surface area contributed by atoms with Gasteiger partial charge in [0.25, 0.3) is 0 Å². The highest BCUT2D eigenvalue weighted by molar-refractivity contribution is 6.35. The molecule has 3 nitrogen and oxygen atoms in total. The Morgan fingerprint density at radius 1 is 1.50 bits per heavy atom. The lowest BCUT2D eigenvalue weighted by atomic mass is 10.1. The van der Waals surface area contributed by atoms with Crippen molar-refractivity contribution >= 4 is 28.5 Å². The van der Waals surface area contributed by atoms with Crippen molar-refractivity contribution in [2.75, 3.05) is 0 Å². The Bertz CT molecular complexity index is 513. The summed E-state index contributed by atoms with van der Waals surface area (Å²) in [4.78, 5) is 10.7. The quantitative estimate of drug-likeness (QED) is 0.719. The highest BCUT2D eigenvalue weighted by Crippen LogP contribution is 2.30. The Kier molecular flexibility index (Phi) is 1.97. The molecule has 0 aliphatic carbocycles. The second kappa shape index (κ2) is 3.03. The fourth-order valence-corrected chi connectivity index (χ4v) is 1.62. The Morgan fingerprint density at radius 2 is 2.21 bits per heavy atom. The summed E-state index contributed by atoms with van der Waals surface area (Å²) in [6, 6.07) is 5.14. The van der Waals surface area contributed by atoms with Crippen LogP contribution in [0, 0.1) is 6.92 Å². The lowest BCUT2D eigenvalue weighted by molar-refractivity contribution is -0.257. The monoisotopic (exact) mass is 209 g/mol. The molecule has 0 amide bonds. The maximum absolute atomic E-state index is 10.7. The third-order valence-electron chi connectivity index (χ3n) is 2.10. The molecule has 72 valence electrons. The van der Waals surface area contributed by atoms with Crippen LogP contribution in [0.1, 0.15) is 16.1 Å². The Hall–Kier alpha value is -1.48. The molecule has 0 aliphatic rings. The fraction of sp³-hybridized carbons (Fsp3) is 0.100. The molecule has 2 aromatic rings. The lowest BCUT2D eigenvalue weighted by Gasteiger charge is -1.96. The number of fused-ring (bicyclic) bond motifs is 1. The molecule has 0 radical (unpaired) electrons. The van der Waals surface area contributed by atoms with Gasteiger partial charge in [0.2, 0.25) is 0 Å². The van der Waals surface area contributed by atoms with E-state index in [1.54, 1.807) is 25.1 Å². The van der Waals surface area contributed by atoms with E-state index in [0.717, 1.165) is 0 Å². The predicted molar refractivity (Wildman–Crippen MR) is 50.3 cm³/mol. The van der Waals surface area contributed by atoms with Crippen LogP contribution in [0.2, 0.25) is 5.02 Å². The minimum atomic E-state index is -1.32. The van der Waals surface area contributed by atoms with Gasteiger partial charge in [-0.25, -0.2) is 0 Å². The van der Waals surface area contributed by atoms with Crippen molar-refractivity contribution in [3.8, 4) is 0 Å². The van der Waals surface area contributed by atoms with E-state index in [1.165, 1.54) is 0 Å². The second-order valence-corrected chi connectivity index (χ2v) is 3.37. The summed E-state index contributed by atoms with van der Waals surface area (Å²) in [5, 5.41) is 11.8. The number of carbonyl (C=O) groups is 1. The van der Waals surface area contributed by atoms with Crippen molar-refractivity contribution in [1.29, 1.82) is 0 Å². The first-order valence-electron chi connectivity index (χ1n) is 4.00. The van der Waals surface area contributed by atoms with Crippen LogP contribution in [0.15, 0.2) is 22.6 Å². The van der Waals surface area contributed by atoms with Gasteiger partial charge >= 0.3 is 0 Å². The molecule has 1 heterocycles. The second-order valence-electron chi connectivity index (χ2n) is 2.96. The summed E-state index contributed by atoms with van der Waals surface area (Å²) in [6.45, 7) is 1.66. The van der Waals surface area contributed by atoms with E-state index in [9.17, 15) is 9.90 Å². The van der Waals surface area contributed by atoms with Gasteiger partial charge in [0.1, 0.15) is 5.97 Å². The third-order valence-corrected chi connectivity index (χ3v) is 2.40. The van der Waals surface area contributed by atoms with E-state index in [4.69, 9.17) is 16.0 Å². The van der Waals surface area contributed by atoms with Crippen molar-refractivity contribution in [3.05, 3.63) is 34.5 Å². The smallest absolute Gasteiger partial charge is 0.153 e. The van der Waals surface area contributed by atoms with Crippen molar-refractivity contribution in [2.24, 2.45) is 0 Å². The zero-order valence-corrected chi connectivity index (χ0v) is 8.09. The molecule has 0 bridgehead atoms. The van der Waals surface area contributed by atoms with Gasteiger partial charge in [0.15, 0.2) is 11.3 Å². The van der Waals surface area contributed by atoms with Crippen LogP contribution in [0.25, 0.3) is 11.0 Å². The Morgan fingerprint density at radius 3 is 2.79 bits per heavy atom. The number of aryl methyl sites for hydroxylation is 1. The summed E-state index contributed by atoms with van der Waals surface area (Å²) in [5.41, 5.74) is 0.938. The number of carboxylic acid groups (broad SMARTS) is 1. The van der Waals surface area contributed by atoms with Gasteiger partial charge in [-0.05, 0) is 13.0 Å². The number of carboxylic acids is 1. The number of furan rings is 1. The van der Waals surface area contributed by atoms with E-state index in [2.05, 4.69) is 0 Å². The molecule has 4 heteroatoms. The Labute approximate surface area is 84.9 Å². The molecular formula is C10H6ClO3-. The summed E-state index contributed by atoms with van der Waals surface area (Å²) in [5.74, 6) is -1.48. The van der Waals surface area contributed by atoms with Crippen molar-refractivity contribution in [1.82, 2.24) is 0 Å². The normalized spacial score (nSPS) is 10.7. The van der Waals surface area contributed by atoms with Crippen LogP contribution >= 0.6 is 11.6 Å². The van der Waals surface area contributed by atoms with Gasteiger partial charge in [0.05, 0.1) is 5.02 Å². The Balaban J connectivity index is 2.86. The van der Waals surface area contributed by atoms with Gasteiger partial charge in [-0.1, -0.05) is 23.7 Å². The first-order valence-corrected chi connectivity index (χ1v) is 4.38. The van der Waals surface area contributed by atoms with Crippen LogP contribution in [-0.2, 0) is 0 Å². The van der Waals surface area contributed by atoms with E-state index < -0.39 is 5.97 Å². The molecule has 0 atom stereocenters. The van der Waals surface area contributed by atoms with Gasteiger partial charge in [0, 0.05) is 10.9 Å². The lowest BCUT2D eigenvalue weighted by Crippen LogP contribution is -2.22. The summed E-state index contributed by atoms with van der Waals surface area (Å²) in [7, 11) is 0. The molecule has 1 aromatic heterocycles. The number of carbonyl (C=O) groups excluding carboxylic acids is 1. The maximum Gasteiger partial charge on any atom is 0.153 e. The first kappa shape index (κ1) is 9.09. The molecule has 0 saturated carbocycles. The van der Waals surface area contributed by atoms with Gasteiger partial charge in [-0.15, -0.1) is 0 Å². The number of hydrogen-bond donors (Lipinski definition) is 0. The van der Waals surface area contributed by atoms with E-state index in [0.29, 0.717) is 21.6 Å². The van der Waals surface area contributed by atoms with Crippen LogP contribution in [0.4, 0.5) is 0 Å². The minimum absolute atomic E-state index is 0.159. The highest BCUT2D eigenvalue weighted by atomic mass is 35.5.